The van der Waals surface area contributed by atoms with Gasteiger partial charge in [-0.1, -0.05) is 17.7 Å². The van der Waals surface area contributed by atoms with Gasteiger partial charge in [-0.05, 0) is 25.0 Å². The van der Waals surface area contributed by atoms with Gasteiger partial charge in [-0.2, -0.15) is 0 Å². The molecule has 1 atom stereocenters. The Labute approximate surface area is 105 Å². The highest BCUT2D eigenvalue weighted by Crippen LogP contribution is 2.30. The van der Waals surface area contributed by atoms with E-state index in [1.54, 1.807) is 12.2 Å². The van der Waals surface area contributed by atoms with Gasteiger partial charge in [0, 0.05) is 11.6 Å². The molecule has 0 saturated carbocycles. The Kier molecular flexibility index (Phi) is 7.40. The molecule has 2 aliphatic carbocycles. The number of aliphatic carboxylic acids is 1. The summed E-state index contributed by atoms with van der Waals surface area (Å²) in [5.74, 6) is -0.764. The number of hydrogen-bond donors (Lipinski definition) is 2. The van der Waals surface area contributed by atoms with Crippen LogP contribution in [0.1, 0.15) is 12.8 Å². The summed E-state index contributed by atoms with van der Waals surface area (Å²) in [5, 5.41) is 16.5. The Morgan fingerprint density at radius 2 is 2.06 bits per heavy atom. The zero-order valence-electron chi connectivity index (χ0n) is 9.06. The molecule has 0 heterocycles. The number of carboxylic acids is 1. The van der Waals surface area contributed by atoms with Crippen molar-refractivity contribution in [2.75, 3.05) is 0 Å². The van der Waals surface area contributed by atoms with Crippen LogP contribution in [-0.4, -0.2) is 27.7 Å². The lowest BCUT2D eigenvalue weighted by molar-refractivity contribution is -0.132. The van der Waals surface area contributed by atoms with Gasteiger partial charge in [-0.25, -0.2) is 4.79 Å². The van der Waals surface area contributed by atoms with Crippen LogP contribution in [0.25, 0.3) is 0 Å². The number of fused-ring (bicyclic) bond motifs is 1. The van der Waals surface area contributed by atoms with Crippen molar-refractivity contribution in [3.8, 4) is 0 Å². The second kappa shape index (κ2) is 7.01. The minimum absolute atomic E-state index is 0. The molecule has 0 saturated heterocycles. The number of hydrogen-bond acceptors (Lipinski definition) is 2. The fraction of sp³-hybridized carbons (Fsp3) is 0.273. The predicted octanol–water partition coefficient (Wildman–Crippen LogP) is 0.696. The summed E-state index contributed by atoms with van der Waals surface area (Å²) in [5.41, 5.74) is 2.00. The molecule has 6 heteroatoms. The maximum Gasteiger partial charge on any atom is 0.335 e. The molecule has 0 bridgehead atoms. The highest BCUT2D eigenvalue weighted by atomic mass is 35.5. The first-order valence-electron chi connectivity index (χ1n) is 4.57. The van der Waals surface area contributed by atoms with Crippen LogP contribution in [0.2, 0.25) is 0 Å². The van der Waals surface area contributed by atoms with Crippen LogP contribution in [0.5, 0.6) is 0 Å². The summed E-state index contributed by atoms with van der Waals surface area (Å²) < 4.78 is 0. The molecule has 2 rings (SSSR count). The van der Waals surface area contributed by atoms with Crippen molar-refractivity contribution in [2.45, 2.75) is 12.8 Å². The standard InChI is InChI=1S/C11H11NO2.ClH.2H2O/c12-10-3-1-2-7-6-8(11(13)14)4-5-9(7)10;;;/h1,3-4,6,9,12H,2,5H2,(H,13,14);1H;2*1H2. The van der Waals surface area contributed by atoms with Gasteiger partial charge in [0.2, 0.25) is 0 Å². The summed E-state index contributed by atoms with van der Waals surface area (Å²) in [6.07, 6.45) is 8.55. The van der Waals surface area contributed by atoms with E-state index in [4.69, 9.17) is 10.5 Å². The van der Waals surface area contributed by atoms with E-state index in [-0.39, 0.29) is 29.3 Å². The molecule has 0 aromatic rings. The van der Waals surface area contributed by atoms with Crippen molar-refractivity contribution in [1.82, 2.24) is 0 Å². The number of rotatable bonds is 1. The summed E-state index contributed by atoms with van der Waals surface area (Å²) in [6, 6.07) is 0. The van der Waals surface area contributed by atoms with E-state index in [0.717, 1.165) is 12.0 Å². The average Bonchev–Trinajstić information content (AvgIpc) is 2.17. The van der Waals surface area contributed by atoms with E-state index >= 15 is 0 Å². The van der Waals surface area contributed by atoms with Crippen LogP contribution in [0.3, 0.4) is 0 Å². The Morgan fingerprint density at radius 1 is 1.41 bits per heavy atom. The molecule has 0 spiro atoms. The highest BCUT2D eigenvalue weighted by Gasteiger charge is 2.24. The third-order valence-corrected chi connectivity index (χ3v) is 2.64. The molecular formula is C11H16ClNO4. The van der Waals surface area contributed by atoms with Crippen molar-refractivity contribution in [2.24, 2.45) is 5.92 Å². The van der Waals surface area contributed by atoms with E-state index in [1.165, 1.54) is 0 Å². The van der Waals surface area contributed by atoms with Crippen LogP contribution >= 0.6 is 12.4 Å². The SMILES string of the molecule is Cl.N=C1C=CCC2=CC(C(=O)O)=CCC12.O.O. The second-order valence-corrected chi connectivity index (χ2v) is 3.53. The molecule has 0 aliphatic heterocycles. The van der Waals surface area contributed by atoms with E-state index in [0.29, 0.717) is 17.7 Å². The quantitative estimate of drug-likeness (QED) is 0.721. The summed E-state index contributed by atoms with van der Waals surface area (Å²) >= 11 is 0. The molecule has 2 aliphatic rings. The van der Waals surface area contributed by atoms with Gasteiger partial charge in [0.1, 0.15) is 0 Å². The molecule has 1 unspecified atom stereocenters. The normalized spacial score (nSPS) is 20.7. The van der Waals surface area contributed by atoms with E-state index in [2.05, 4.69) is 0 Å². The van der Waals surface area contributed by atoms with Gasteiger partial charge in [0.25, 0.3) is 0 Å². The lowest BCUT2D eigenvalue weighted by Gasteiger charge is -2.24. The maximum atomic E-state index is 10.7. The zero-order chi connectivity index (χ0) is 10.1. The topological polar surface area (TPSA) is 124 Å². The van der Waals surface area contributed by atoms with Gasteiger partial charge >= 0.3 is 5.97 Å². The van der Waals surface area contributed by atoms with Crippen molar-refractivity contribution >= 4 is 24.1 Å². The van der Waals surface area contributed by atoms with Crippen molar-refractivity contribution < 1.29 is 20.9 Å². The Morgan fingerprint density at radius 3 is 2.65 bits per heavy atom. The molecule has 17 heavy (non-hydrogen) atoms. The molecular weight excluding hydrogens is 246 g/mol. The molecule has 0 fully saturated rings. The Hall–Kier alpha value is -1.43. The first kappa shape index (κ1) is 17.9. The molecule has 0 aromatic carbocycles. The minimum atomic E-state index is -0.878. The second-order valence-electron chi connectivity index (χ2n) is 3.53. The van der Waals surface area contributed by atoms with Crippen molar-refractivity contribution in [3.05, 3.63) is 35.5 Å². The molecule has 6 N–H and O–H groups in total. The fourth-order valence-corrected chi connectivity index (χ4v) is 1.87. The van der Waals surface area contributed by atoms with Crippen LogP contribution in [0, 0.1) is 11.3 Å². The lowest BCUT2D eigenvalue weighted by atomic mass is 9.80. The predicted molar refractivity (Wildman–Crippen MR) is 67.9 cm³/mol. The Bertz CT molecular complexity index is 398. The summed E-state index contributed by atoms with van der Waals surface area (Å²) in [6.45, 7) is 0. The smallest absolute Gasteiger partial charge is 0.335 e. The Balaban J connectivity index is 0. The molecule has 0 amide bonds. The first-order valence-corrected chi connectivity index (χ1v) is 4.57. The largest absolute Gasteiger partial charge is 0.478 e. The third-order valence-electron chi connectivity index (χ3n) is 2.64. The van der Waals surface area contributed by atoms with Crippen LogP contribution in [-0.2, 0) is 4.79 Å². The van der Waals surface area contributed by atoms with Gasteiger partial charge in [-0.15, -0.1) is 12.4 Å². The van der Waals surface area contributed by atoms with E-state index < -0.39 is 5.97 Å². The monoisotopic (exact) mass is 261 g/mol. The molecule has 96 valence electrons. The number of nitrogens with one attached hydrogen (secondary N) is 1. The van der Waals surface area contributed by atoms with Crippen molar-refractivity contribution in [3.63, 3.8) is 0 Å². The van der Waals surface area contributed by atoms with Crippen LogP contribution in [0.4, 0.5) is 0 Å². The molecule has 0 aromatic heterocycles. The fourth-order valence-electron chi connectivity index (χ4n) is 1.87. The highest BCUT2D eigenvalue weighted by molar-refractivity contribution is 5.99. The number of allylic oxidation sites excluding steroid dienone is 4. The summed E-state index contributed by atoms with van der Waals surface area (Å²) in [7, 11) is 0. The minimum Gasteiger partial charge on any atom is -0.478 e. The first-order chi connectivity index (χ1) is 6.68. The zero-order valence-corrected chi connectivity index (χ0v) is 9.88. The summed E-state index contributed by atoms with van der Waals surface area (Å²) in [4.78, 5) is 10.7. The van der Waals surface area contributed by atoms with Crippen LogP contribution < -0.4 is 0 Å². The van der Waals surface area contributed by atoms with E-state index in [9.17, 15) is 4.79 Å². The average molecular weight is 262 g/mol. The third kappa shape index (κ3) is 3.52. The molecule has 0 radical (unpaired) electrons. The van der Waals surface area contributed by atoms with Gasteiger partial charge in [-0.3, -0.25) is 0 Å². The van der Waals surface area contributed by atoms with Crippen LogP contribution in [0.15, 0.2) is 35.5 Å². The van der Waals surface area contributed by atoms with Gasteiger partial charge < -0.3 is 21.5 Å². The van der Waals surface area contributed by atoms with Gasteiger partial charge in [0.05, 0.1) is 5.57 Å². The number of halogens is 1. The lowest BCUT2D eigenvalue weighted by Crippen LogP contribution is -2.20. The molecule has 5 nitrogen and oxygen atoms in total. The van der Waals surface area contributed by atoms with Gasteiger partial charge in [0.15, 0.2) is 0 Å². The maximum absolute atomic E-state index is 10.7. The van der Waals surface area contributed by atoms with Crippen molar-refractivity contribution in [1.29, 1.82) is 5.41 Å². The van der Waals surface area contributed by atoms with E-state index in [1.807, 2.05) is 12.2 Å². The number of carboxylic acid groups (broad SMARTS) is 1. The number of carbonyl (C=O) groups is 1.